The third-order valence-electron chi connectivity index (χ3n) is 5.72. The molecule has 0 saturated carbocycles. The van der Waals surface area contributed by atoms with Gasteiger partial charge in [0.2, 0.25) is 15.9 Å². The minimum absolute atomic E-state index is 0.0233. The highest BCUT2D eigenvalue weighted by Crippen LogP contribution is 2.26. The van der Waals surface area contributed by atoms with Crippen LogP contribution in [0.5, 0.6) is 0 Å². The molecule has 168 valence electrons. The Balaban J connectivity index is 1.69. The zero-order valence-corrected chi connectivity index (χ0v) is 19.3. The Kier molecular flexibility index (Phi) is 6.86. The minimum atomic E-state index is -3.97. The van der Waals surface area contributed by atoms with Gasteiger partial charge in [-0.25, -0.2) is 13.1 Å². The van der Waals surface area contributed by atoms with Gasteiger partial charge in [-0.05, 0) is 57.7 Å². The molecule has 0 unspecified atom stereocenters. The largest absolute Gasteiger partial charge is 0.361 e. The van der Waals surface area contributed by atoms with Crippen LogP contribution >= 0.6 is 0 Å². The Hall–Kier alpha value is -2.65. The zero-order chi connectivity index (χ0) is 22.8. The lowest BCUT2D eigenvalue weighted by Gasteiger charge is -2.17. The van der Waals surface area contributed by atoms with Crippen molar-refractivity contribution in [2.24, 2.45) is 0 Å². The average molecular weight is 447 g/mol. The van der Waals surface area contributed by atoms with Crippen LogP contribution in [0.15, 0.2) is 23.1 Å². The first-order valence-electron chi connectivity index (χ1n) is 10.5. The number of amides is 2. The fourth-order valence-corrected chi connectivity index (χ4v) is 5.38. The Bertz CT molecular complexity index is 1100. The van der Waals surface area contributed by atoms with Gasteiger partial charge in [0, 0.05) is 43.1 Å². The summed E-state index contributed by atoms with van der Waals surface area (Å²) in [5.41, 5.74) is 3.87. The van der Waals surface area contributed by atoms with Gasteiger partial charge in [-0.3, -0.25) is 9.59 Å². The number of carbonyl (C=O) groups is 2. The predicted molar refractivity (Wildman–Crippen MR) is 120 cm³/mol. The number of sulfonamides is 1. The molecule has 2 heterocycles. The van der Waals surface area contributed by atoms with Crippen LogP contribution in [0.25, 0.3) is 0 Å². The second-order valence-electron chi connectivity index (χ2n) is 8.02. The smallest absolute Gasteiger partial charge is 0.257 e. The summed E-state index contributed by atoms with van der Waals surface area (Å²) in [5.74, 6) is -0.556. The van der Waals surface area contributed by atoms with Gasteiger partial charge in [0.15, 0.2) is 0 Å². The molecule has 1 saturated heterocycles. The highest BCUT2D eigenvalue weighted by molar-refractivity contribution is 7.89. The summed E-state index contributed by atoms with van der Waals surface area (Å²) in [5, 5.41) is 2.82. The van der Waals surface area contributed by atoms with Gasteiger partial charge in [0.1, 0.15) is 4.90 Å². The second-order valence-corrected chi connectivity index (χ2v) is 9.73. The van der Waals surface area contributed by atoms with Crippen LogP contribution in [0, 0.1) is 27.7 Å². The topological polar surface area (TPSA) is 111 Å². The van der Waals surface area contributed by atoms with Gasteiger partial charge in [-0.1, -0.05) is 12.1 Å². The number of likely N-dealkylation sites (tertiary alicyclic amines) is 1. The maximum absolute atomic E-state index is 13.0. The summed E-state index contributed by atoms with van der Waals surface area (Å²) in [6.07, 6.45) is 1.82. The van der Waals surface area contributed by atoms with Crippen molar-refractivity contribution >= 4 is 27.5 Å². The molecule has 0 atom stereocenters. The standard InChI is InChI=1S/C22H30N4O4S/c1-14-8-7-9-18(15(14)2)25-19(27)10-11-23-31(29,30)21-17(4)24-16(3)20(21)22(28)26-12-5-6-13-26/h7-9,23-24H,5-6,10-13H2,1-4H3,(H,25,27). The van der Waals surface area contributed by atoms with Crippen LogP contribution in [0.3, 0.4) is 0 Å². The van der Waals surface area contributed by atoms with E-state index in [9.17, 15) is 18.0 Å². The van der Waals surface area contributed by atoms with Crippen molar-refractivity contribution in [1.29, 1.82) is 0 Å². The number of nitrogens with zero attached hydrogens (tertiary/aromatic N) is 1. The molecular formula is C22H30N4O4S. The molecule has 1 aromatic carbocycles. The van der Waals surface area contributed by atoms with E-state index < -0.39 is 10.0 Å². The normalized spacial score (nSPS) is 14.1. The van der Waals surface area contributed by atoms with E-state index in [0.717, 1.165) is 24.0 Å². The van der Waals surface area contributed by atoms with Gasteiger partial charge in [0.05, 0.1) is 5.56 Å². The van der Waals surface area contributed by atoms with Gasteiger partial charge in [0.25, 0.3) is 5.91 Å². The quantitative estimate of drug-likeness (QED) is 0.607. The third-order valence-corrected chi connectivity index (χ3v) is 7.35. The summed E-state index contributed by atoms with van der Waals surface area (Å²) in [7, 11) is -3.97. The number of nitrogens with one attached hydrogen (secondary N) is 3. The number of rotatable bonds is 7. The van der Waals surface area contributed by atoms with E-state index in [1.807, 2.05) is 32.0 Å². The molecule has 0 aliphatic carbocycles. The monoisotopic (exact) mass is 446 g/mol. The van der Waals surface area contributed by atoms with Crippen LogP contribution in [-0.4, -0.2) is 49.8 Å². The van der Waals surface area contributed by atoms with Crippen LogP contribution < -0.4 is 10.0 Å². The van der Waals surface area contributed by atoms with Gasteiger partial charge in [-0.15, -0.1) is 0 Å². The zero-order valence-electron chi connectivity index (χ0n) is 18.5. The van der Waals surface area contributed by atoms with E-state index in [2.05, 4.69) is 15.0 Å². The van der Waals surface area contributed by atoms with E-state index in [1.165, 1.54) is 0 Å². The molecule has 9 heteroatoms. The number of hydrogen-bond acceptors (Lipinski definition) is 4. The maximum Gasteiger partial charge on any atom is 0.257 e. The van der Waals surface area contributed by atoms with Crippen molar-refractivity contribution in [1.82, 2.24) is 14.6 Å². The molecule has 0 radical (unpaired) electrons. The summed E-state index contributed by atoms with van der Waals surface area (Å²) in [6, 6.07) is 5.63. The Morgan fingerprint density at radius 3 is 2.42 bits per heavy atom. The summed E-state index contributed by atoms with van der Waals surface area (Å²) in [4.78, 5) is 29.9. The summed E-state index contributed by atoms with van der Waals surface area (Å²) in [6.45, 7) is 8.41. The second kappa shape index (κ2) is 9.23. The highest BCUT2D eigenvalue weighted by Gasteiger charge is 2.32. The first-order valence-corrected chi connectivity index (χ1v) is 11.9. The molecule has 3 N–H and O–H groups in total. The molecular weight excluding hydrogens is 416 g/mol. The molecule has 31 heavy (non-hydrogen) atoms. The lowest BCUT2D eigenvalue weighted by molar-refractivity contribution is -0.116. The molecule has 0 spiro atoms. The molecule has 0 bridgehead atoms. The number of H-pyrrole nitrogens is 1. The predicted octanol–water partition coefficient (Wildman–Crippen LogP) is 2.79. The van der Waals surface area contributed by atoms with E-state index >= 15 is 0 Å². The van der Waals surface area contributed by atoms with E-state index in [-0.39, 0.29) is 35.2 Å². The maximum atomic E-state index is 13.0. The first kappa shape index (κ1) is 23.0. The highest BCUT2D eigenvalue weighted by atomic mass is 32.2. The molecule has 8 nitrogen and oxygen atoms in total. The van der Waals surface area contributed by atoms with Gasteiger partial charge < -0.3 is 15.2 Å². The molecule has 2 aromatic rings. The number of aromatic amines is 1. The van der Waals surface area contributed by atoms with Gasteiger partial charge >= 0.3 is 0 Å². The molecule has 1 fully saturated rings. The number of aromatic nitrogens is 1. The molecule has 1 aliphatic heterocycles. The SMILES string of the molecule is Cc1cccc(NC(=O)CCNS(=O)(=O)c2c(C)[nH]c(C)c2C(=O)N2CCCC2)c1C. The van der Waals surface area contributed by atoms with Crippen molar-refractivity contribution in [3.05, 3.63) is 46.3 Å². The average Bonchev–Trinajstić information content (AvgIpc) is 3.32. The first-order chi connectivity index (χ1) is 14.6. The van der Waals surface area contributed by atoms with Crippen LogP contribution in [0.1, 0.15) is 52.1 Å². The Labute approximate surface area is 183 Å². The van der Waals surface area contributed by atoms with E-state index in [1.54, 1.807) is 18.7 Å². The third kappa shape index (κ3) is 4.99. The number of carbonyl (C=O) groups excluding carboxylic acids is 2. The lowest BCUT2D eigenvalue weighted by atomic mass is 10.1. The van der Waals surface area contributed by atoms with Crippen LogP contribution in [0.4, 0.5) is 5.69 Å². The molecule has 1 aliphatic rings. The van der Waals surface area contributed by atoms with Crippen molar-refractivity contribution in [2.75, 3.05) is 25.0 Å². The number of hydrogen-bond donors (Lipinski definition) is 3. The number of anilines is 1. The fourth-order valence-electron chi connectivity index (χ4n) is 3.90. The Morgan fingerprint density at radius 1 is 1.06 bits per heavy atom. The minimum Gasteiger partial charge on any atom is -0.361 e. The van der Waals surface area contributed by atoms with E-state index in [4.69, 9.17) is 0 Å². The summed E-state index contributed by atoms with van der Waals surface area (Å²) >= 11 is 0. The van der Waals surface area contributed by atoms with Crippen LogP contribution in [0.2, 0.25) is 0 Å². The fraction of sp³-hybridized carbons (Fsp3) is 0.455. The summed E-state index contributed by atoms with van der Waals surface area (Å²) < 4.78 is 28.5. The van der Waals surface area contributed by atoms with Crippen molar-refractivity contribution < 1.29 is 18.0 Å². The van der Waals surface area contributed by atoms with Crippen molar-refractivity contribution in [3.63, 3.8) is 0 Å². The lowest BCUT2D eigenvalue weighted by Crippen LogP contribution is -2.32. The van der Waals surface area contributed by atoms with Crippen molar-refractivity contribution in [3.8, 4) is 0 Å². The Morgan fingerprint density at radius 2 is 1.74 bits per heavy atom. The van der Waals surface area contributed by atoms with Crippen LogP contribution in [-0.2, 0) is 14.8 Å². The molecule has 2 amide bonds. The van der Waals surface area contributed by atoms with Gasteiger partial charge in [-0.2, -0.15) is 0 Å². The number of aryl methyl sites for hydroxylation is 3. The van der Waals surface area contributed by atoms with Crippen molar-refractivity contribution in [2.45, 2.75) is 51.9 Å². The number of benzene rings is 1. The molecule has 3 rings (SSSR count). The molecule has 1 aromatic heterocycles. The van der Waals surface area contributed by atoms with E-state index in [0.29, 0.717) is 30.2 Å².